The minimum absolute atomic E-state index is 0.202. The Bertz CT molecular complexity index is 893. The molecule has 2 atom stereocenters. The van der Waals surface area contributed by atoms with Crippen LogP contribution in [-0.2, 0) is 9.59 Å². The zero-order chi connectivity index (χ0) is 18.3. The number of carbonyl (C=O) groups excluding carboxylic acids is 2. The summed E-state index contributed by atoms with van der Waals surface area (Å²) in [6.07, 6.45) is -1.16. The molecule has 128 valence electrons. The molecule has 0 saturated carbocycles. The number of fused-ring (bicyclic) bond motifs is 1. The summed E-state index contributed by atoms with van der Waals surface area (Å²) in [5.41, 5.74) is 1.43. The normalized spacial score (nSPS) is 22.5. The number of thiophene rings is 1. The molecule has 0 bridgehead atoms. The molecule has 1 N–H and O–H groups in total. The first-order valence-electron chi connectivity index (χ1n) is 7.47. The molecule has 2 unspecified atom stereocenters. The number of ketones is 1. The van der Waals surface area contributed by atoms with Crippen molar-refractivity contribution in [3.8, 4) is 6.07 Å². The maximum absolute atomic E-state index is 13.9. The van der Waals surface area contributed by atoms with Crippen LogP contribution in [0.2, 0.25) is 0 Å². The van der Waals surface area contributed by atoms with Gasteiger partial charge in [0, 0.05) is 17.5 Å². The van der Waals surface area contributed by atoms with Crippen molar-refractivity contribution in [3.63, 3.8) is 0 Å². The monoisotopic (exact) mass is 360 g/mol. The van der Waals surface area contributed by atoms with Crippen LogP contribution >= 0.6 is 11.3 Å². The fourth-order valence-electron chi connectivity index (χ4n) is 3.22. The number of nitriles is 1. The Balaban J connectivity index is 2.05. The molecule has 3 rings (SSSR count). The molecule has 1 aliphatic carbocycles. The summed E-state index contributed by atoms with van der Waals surface area (Å²) in [6.45, 7) is 1.59. The number of carboxylic acid groups (broad SMARTS) is 1. The van der Waals surface area contributed by atoms with E-state index in [9.17, 15) is 18.8 Å². The van der Waals surface area contributed by atoms with Crippen molar-refractivity contribution in [2.45, 2.75) is 32.0 Å². The second kappa shape index (κ2) is 6.26. The molecule has 2 heterocycles. The number of aliphatic carboxylic acids is 1. The average molecular weight is 360 g/mol. The van der Waals surface area contributed by atoms with Gasteiger partial charge >= 0.3 is 5.97 Å². The zero-order valence-electron chi connectivity index (χ0n) is 13.2. The van der Waals surface area contributed by atoms with E-state index in [2.05, 4.69) is 0 Å². The van der Waals surface area contributed by atoms with Gasteiger partial charge in [0.25, 0.3) is 5.91 Å². The van der Waals surface area contributed by atoms with Gasteiger partial charge in [0.1, 0.15) is 10.9 Å². The molecule has 2 aliphatic rings. The molecule has 1 aromatic heterocycles. The van der Waals surface area contributed by atoms with Crippen LogP contribution in [0.25, 0.3) is 0 Å². The van der Waals surface area contributed by atoms with Crippen LogP contribution in [-0.4, -0.2) is 39.9 Å². The number of carbonyl (C=O) groups is 3. The summed E-state index contributed by atoms with van der Waals surface area (Å²) < 4.78 is 13.9. The van der Waals surface area contributed by atoms with E-state index in [1.54, 1.807) is 6.92 Å². The van der Waals surface area contributed by atoms with Crippen LogP contribution in [0.3, 0.4) is 0 Å². The summed E-state index contributed by atoms with van der Waals surface area (Å²) in [4.78, 5) is 37.4. The maximum Gasteiger partial charge on any atom is 0.307 e. The first-order chi connectivity index (χ1) is 11.8. The molecule has 0 aromatic carbocycles. The predicted molar refractivity (Wildman–Crippen MR) is 86.5 cm³/mol. The first-order valence-corrected chi connectivity index (χ1v) is 8.35. The molecule has 0 saturated heterocycles. The van der Waals surface area contributed by atoms with Crippen molar-refractivity contribution in [2.75, 3.05) is 0 Å². The van der Waals surface area contributed by atoms with Gasteiger partial charge in [-0.25, -0.2) is 4.39 Å². The number of allylic oxidation sites excluding steroid dienone is 2. The molecule has 0 spiro atoms. The molecule has 0 radical (unpaired) electrons. The Morgan fingerprint density at radius 1 is 1.52 bits per heavy atom. The minimum atomic E-state index is -1.72. The van der Waals surface area contributed by atoms with Gasteiger partial charge in [-0.1, -0.05) is 0 Å². The highest BCUT2D eigenvalue weighted by atomic mass is 32.1. The van der Waals surface area contributed by atoms with E-state index < -0.39 is 29.9 Å². The molecule has 1 aromatic rings. The van der Waals surface area contributed by atoms with Gasteiger partial charge in [0.2, 0.25) is 0 Å². The van der Waals surface area contributed by atoms with E-state index in [0.29, 0.717) is 21.7 Å². The largest absolute Gasteiger partial charge is 0.481 e. The molecular weight excluding hydrogens is 347 g/mol. The van der Waals surface area contributed by atoms with Crippen molar-refractivity contribution in [1.82, 2.24) is 4.90 Å². The third-order valence-corrected chi connectivity index (χ3v) is 5.19. The van der Waals surface area contributed by atoms with Gasteiger partial charge in [-0.05, 0) is 30.2 Å². The third kappa shape index (κ3) is 2.87. The van der Waals surface area contributed by atoms with Crippen molar-refractivity contribution in [1.29, 1.82) is 5.26 Å². The molecule has 25 heavy (non-hydrogen) atoms. The van der Waals surface area contributed by atoms with Crippen LogP contribution in [0.1, 0.15) is 35.0 Å². The highest BCUT2D eigenvalue weighted by molar-refractivity contribution is 7.10. The zero-order valence-corrected chi connectivity index (χ0v) is 14.0. The SMILES string of the molecule is CC1=C(CC(=O)O)C2=CC(=O)C(F)CC2N1C(=O)c1csc(C#N)c1. The Morgan fingerprint density at radius 2 is 2.24 bits per heavy atom. The predicted octanol–water partition coefficient (Wildman–Crippen LogP) is 2.43. The number of nitrogens with zero attached hydrogens (tertiary/aromatic N) is 2. The van der Waals surface area contributed by atoms with Crippen LogP contribution in [0.15, 0.2) is 34.4 Å². The molecular formula is C17H13FN2O4S. The lowest BCUT2D eigenvalue weighted by molar-refractivity contribution is -0.136. The van der Waals surface area contributed by atoms with Crippen molar-refractivity contribution < 1.29 is 23.9 Å². The molecule has 1 amide bonds. The summed E-state index contributed by atoms with van der Waals surface area (Å²) >= 11 is 1.12. The second-order valence-electron chi connectivity index (χ2n) is 5.84. The van der Waals surface area contributed by atoms with Crippen molar-refractivity contribution in [3.05, 3.63) is 44.8 Å². The van der Waals surface area contributed by atoms with E-state index in [4.69, 9.17) is 10.4 Å². The van der Waals surface area contributed by atoms with E-state index in [-0.39, 0.29) is 18.4 Å². The number of hydrogen-bond donors (Lipinski definition) is 1. The summed E-state index contributed by atoms with van der Waals surface area (Å²) in [5.74, 6) is -2.24. The maximum atomic E-state index is 13.9. The Hall–Kier alpha value is -2.79. The smallest absolute Gasteiger partial charge is 0.307 e. The van der Waals surface area contributed by atoms with E-state index in [1.807, 2.05) is 6.07 Å². The molecule has 1 aliphatic heterocycles. The summed E-state index contributed by atoms with van der Waals surface area (Å²) in [5, 5.41) is 19.6. The van der Waals surface area contributed by atoms with Crippen LogP contribution in [0, 0.1) is 11.3 Å². The topological polar surface area (TPSA) is 98.5 Å². The number of halogens is 1. The molecule has 8 heteroatoms. The summed E-state index contributed by atoms with van der Waals surface area (Å²) in [6, 6.07) is 2.69. The number of alkyl halides is 1. The quantitative estimate of drug-likeness (QED) is 0.893. The van der Waals surface area contributed by atoms with Gasteiger partial charge in [-0.3, -0.25) is 14.4 Å². The van der Waals surface area contributed by atoms with E-state index >= 15 is 0 Å². The lowest BCUT2D eigenvalue weighted by Crippen LogP contribution is -2.41. The average Bonchev–Trinajstić information content (AvgIpc) is 3.12. The lowest BCUT2D eigenvalue weighted by Gasteiger charge is -2.30. The van der Waals surface area contributed by atoms with Crippen molar-refractivity contribution >= 4 is 29.0 Å². The van der Waals surface area contributed by atoms with Gasteiger partial charge < -0.3 is 10.0 Å². The Morgan fingerprint density at radius 3 is 2.84 bits per heavy atom. The number of rotatable bonds is 3. The van der Waals surface area contributed by atoms with Crippen molar-refractivity contribution in [2.24, 2.45) is 0 Å². The lowest BCUT2D eigenvalue weighted by atomic mass is 9.88. The van der Waals surface area contributed by atoms with E-state index in [0.717, 1.165) is 17.4 Å². The van der Waals surface area contributed by atoms with Gasteiger partial charge in [0.05, 0.1) is 18.0 Å². The Labute approximate surface area is 146 Å². The minimum Gasteiger partial charge on any atom is -0.481 e. The molecule has 6 nitrogen and oxygen atoms in total. The van der Waals surface area contributed by atoms with Crippen LogP contribution in [0.5, 0.6) is 0 Å². The fraction of sp³-hybridized carbons (Fsp3) is 0.294. The van der Waals surface area contributed by atoms with Gasteiger partial charge in [-0.2, -0.15) is 5.26 Å². The number of carboxylic acids is 1. The van der Waals surface area contributed by atoms with Gasteiger partial charge in [-0.15, -0.1) is 11.3 Å². The van der Waals surface area contributed by atoms with Gasteiger partial charge in [0.15, 0.2) is 12.0 Å². The number of amides is 1. The number of hydrogen-bond acceptors (Lipinski definition) is 5. The Kier molecular flexibility index (Phi) is 4.27. The van der Waals surface area contributed by atoms with Crippen LogP contribution < -0.4 is 0 Å². The standard InChI is InChI=1S/C17H13FN2O4S/c1-8-11(4-16(22)23)12-3-15(21)13(18)5-14(12)20(8)17(24)9-2-10(6-19)25-7-9/h2-3,7,13-14H,4-5H2,1H3,(H,22,23). The second-order valence-corrected chi connectivity index (χ2v) is 6.75. The fourth-order valence-corrected chi connectivity index (χ4v) is 3.89. The summed E-state index contributed by atoms with van der Waals surface area (Å²) in [7, 11) is 0. The van der Waals surface area contributed by atoms with E-state index in [1.165, 1.54) is 16.3 Å². The highest BCUT2D eigenvalue weighted by Crippen LogP contribution is 2.41. The van der Waals surface area contributed by atoms with Crippen LogP contribution in [0.4, 0.5) is 4.39 Å². The first kappa shape index (κ1) is 17.0. The molecule has 0 fully saturated rings. The highest BCUT2D eigenvalue weighted by Gasteiger charge is 2.43. The third-order valence-electron chi connectivity index (χ3n) is 4.36.